The molecule has 2 heterocycles. The summed E-state index contributed by atoms with van der Waals surface area (Å²) in [6.45, 7) is 5.12. The summed E-state index contributed by atoms with van der Waals surface area (Å²) in [6.07, 6.45) is -3.56. The van der Waals surface area contributed by atoms with Gasteiger partial charge in [0.1, 0.15) is 37.3 Å². The number of hydrogen-bond donors (Lipinski definition) is 5. The summed E-state index contributed by atoms with van der Waals surface area (Å²) in [5, 5.41) is 36.7. The molecule has 170 valence electrons. The third-order valence-corrected chi connectivity index (χ3v) is 5.95. The molecule has 2 aliphatic heterocycles. The number of ether oxygens (including phenoxy) is 3. The van der Waals surface area contributed by atoms with Crippen molar-refractivity contribution in [1.82, 2.24) is 10.6 Å². The molecule has 2 saturated heterocycles. The summed E-state index contributed by atoms with van der Waals surface area (Å²) < 4.78 is 17.2. The quantitative estimate of drug-likeness (QED) is 0.338. The number of cyclic esters (lactones) is 1. The van der Waals surface area contributed by atoms with Gasteiger partial charge in [-0.2, -0.15) is 0 Å². The minimum absolute atomic E-state index is 0.0655. The van der Waals surface area contributed by atoms with Crippen LogP contribution in [0.4, 0.5) is 0 Å². The van der Waals surface area contributed by atoms with E-state index in [2.05, 4.69) is 10.6 Å². The average molecular weight is 428 g/mol. The van der Waals surface area contributed by atoms with Crippen molar-refractivity contribution in [2.45, 2.75) is 95.0 Å². The van der Waals surface area contributed by atoms with Crippen LogP contribution in [0.2, 0.25) is 0 Å². The Kier molecular flexibility index (Phi) is 7.48. The maximum atomic E-state index is 12.6. The fourth-order valence-electron chi connectivity index (χ4n) is 4.21. The molecule has 1 amide bonds. The highest BCUT2D eigenvalue weighted by Gasteiger charge is 2.48. The van der Waals surface area contributed by atoms with Crippen molar-refractivity contribution in [2.75, 3.05) is 6.61 Å². The molecule has 0 spiro atoms. The third kappa shape index (κ3) is 4.84. The lowest BCUT2D eigenvalue weighted by Crippen LogP contribution is -2.68. The summed E-state index contributed by atoms with van der Waals surface area (Å²) in [6, 6.07) is -1.08. The van der Waals surface area contributed by atoms with Crippen molar-refractivity contribution in [3.63, 3.8) is 0 Å². The molecule has 30 heavy (non-hydrogen) atoms. The Bertz CT molecular complexity index is 667. The number of carbonyl (C=O) groups excluding carboxylic acids is 2. The first-order valence-corrected chi connectivity index (χ1v) is 10.5. The Morgan fingerprint density at radius 1 is 1.27 bits per heavy atom. The van der Waals surface area contributed by atoms with E-state index in [1.165, 1.54) is 6.92 Å². The zero-order valence-electron chi connectivity index (χ0n) is 17.5. The van der Waals surface area contributed by atoms with E-state index in [9.17, 15) is 24.9 Å². The van der Waals surface area contributed by atoms with E-state index in [1.54, 1.807) is 6.08 Å². The highest BCUT2D eigenvalue weighted by Crippen LogP contribution is 2.29. The van der Waals surface area contributed by atoms with Crippen molar-refractivity contribution in [3.8, 4) is 0 Å². The number of nitrogens with one attached hydrogen (secondary N) is 2. The second-order valence-electron chi connectivity index (χ2n) is 8.10. The van der Waals surface area contributed by atoms with Crippen molar-refractivity contribution >= 4 is 11.9 Å². The average Bonchev–Trinajstić information content (AvgIpc) is 2.72. The Labute approximate surface area is 175 Å². The van der Waals surface area contributed by atoms with Crippen molar-refractivity contribution in [1.29, 1.82) is 0 Å². The van der Waals surface area contributed by atoms with Crippen LogP contribution in [0.3, 0.4) is 0 Å². The predicted molar refractivity (Wildman–Crippen MR) is 104 cm³/mol. The Morgan fingerprint density at radius 2 is 1.97 bits per heavy atom. The van der Waals surface area contributed by atoms with Crippen molar-refractivity contribution in [2.24, 2.45) is 0 Å². The molecule has 2 fully saturated rings. The van der Waals surface area contributed by atoms with Gasteiger partial charge < -0.3 is 34.8 Å². The molecule has 3 aliphatic rings. The molecule has 5 N–H and O–H groups in total. The number of aliphatic hydroxyl groups is 3. The van der Waals surface area contributed by atoms with E-state index in [1.807, 2.05) is 13.8 Å². The Morgan fingerprint density at radius 3 is 2.60 bits per heavy atom. The van der Waals surface area contributed by atoms with Crippen LogP contribution in [-0.4, -0.2) is 88.7 Å². The fraction of sp³-hybridized carbons (Fsp3) is 0.800. The Hall–Kier alpha value is -1.56. The zero-order valence-corrected chi connectivity index (χ0v) is 17.5. The number of aliphatic hydroxyl groups excluding tert-OH is 3. The van der Waals surface area contributed by atoms with Gasteiger partial charge >= 0.3 is 5.97 Å². The number of amides is 1. The van der Waals surface area contributed by atoms with Crippen LogP contribution in [0.5, 0.6) is 0 Å². The largest absolute Gasteiger partial charge is 0.459 e. The van der Waals surface area contributed by atoms with Gasteiger partial charge in [0.25, 0.3) is 0 Å². The SMILES string of the molecule is CCC(CC)O[C@@H]1C=C2C[C@H](N[C@@H]3O[C@H](COC2=O)[C@@H](O)[C@H](O)[C@H]3O)[C@H]1NC(C)=O. The van der Waals surface area contributed by atoms with E-state index in [4.69, 9.17) is 14.2 Å². The highest BCUT2D eigenvalue weighted by atomic mass is 16.6. The molecule has 4 bridgehead atoms. The molecule has 3 rings (SSSR count). The Balaban J connectivity index is 1.95. The minimum Gasteiger partial charge on any atom is -0.459 e. The predicted octanol–water partition coefficient (Wildman–Crippen LogP) is -1.28. The van der Waals surface area contributed by atoms with E-state index in [0.717, 1.165) is 12.8 Å². The smallest absolute Gasteiger partial charge is 0.333 e. The normalized spacial score (nSPS) is 39.2. The number of hydrogen-bond acceptors (Lipinski definition) is 9. The first kappa shape index (κ1) is 23.1. The van der Waals surface area contributed by atoms with Gasteiger partial charge in [0.15, 0.2) is 0 Å². The molecule has 0 unspecified atom stereocenters. The second kappa shape index (κ2) is 9.71. The van der Waals surface area contributed by atoms with E-state index < -0.39 is 54.8 Å². The topological polar surface area (TPSA) is 147 Å². The van der Waals surface area contributed by atoms with Crippen LogP contribution in [-0.2, 0) is 23.8 Å². The molecule has 0 aromatic carbocycles. The standard InChI is InChI=1S/C20H32N2O8/c1-4-11(5-2)29-13-7-10-6-12(15(13)21-9(3)23)22-19-18(26)17(25)16(24)14(30-19)8-28-20(10)27/h7,11-19,22,24-26H,4-6,8H2,1-3H3,(H,21,23)/t12-,13+,14+,15+,16+,17-,18+,19+/m0/s1. The molecule has 0 saturated carbocycles. The first-order valence-electron chi connectivity index (χ1n) is 10.5. The maximum absolute atomic E-state index is 12.6. The van der Waals surface area contributed by atoms with Gasteiger partial charge in [-0.25, -0.2) is 4.79 Å². The monoisotopic (exact) mass is 428 g/mol. The number of carbonyl (C=O) groups is 2. The summed E-state index contributed by atoms with van der Waals surface area (Å²) in [7, 11) is 0. The lowest BCUT2D eigenvalue weighted by Gasteiger charge is -2.46. The van der Waals surface area contributed by atoms with Gasteiger partial charge in [0, 0.05) is 18.5 Å². The van der Waals surface area contributed by atoms with Crippen LogP contribution >= 0.6 is 0 Å². The summed E-state index contributed by atoms with van der Waals surface area (Å²) >= 11 is 0. The third-order valence-electron chi connectivity index (χ3n) is 5.95. The van der Waals surface area contributed by atoms with Crippen molar-refractivity contribution in [3.05, 3.63) is 11.6 Å². The van der Waals surface area contributed by atoms with E-state index in [0.29, 0.717) is 5.57 Å². The molecule has 1 aliphatic carbocycles. The van der Waals surface area contributed by atoms with Gasteiger partial charge in [-0.3, -0.25) is 10.1 Å². The molecular formula is C20H32N2O8. The summed E-state index contributed by atoms with van der Waals surface area (Å²) in [5.74, 6) is -0.842. The molecule has 8 atom stereocenters. The molecule has 0 aromatic rings. The lowest BCUT2D eigenvalue weighted by molar-refractivity contribution is -0.242. The van der Waals surface area contributed by atoms with Gasteiger partial charge in [-0.05, 0) is 25.3 Å². The van der Waals surface area contributed by atoms with Gasteiger partial charge in [-0.15, -0.1) is 0 Å². The number of rotatable bonds is 5. The molecular weight excluding hydrogens is 396 g/mol. The lowest BCUT2D eigenvalue weighted by atomic mass is 9.86. The zero-order chi connectivity index (χ0) is 22.0. The molecule has 0 aromatic heterocycles. The first-order chi connectivity index (χ1) is 14.2. The van der Waals surface area contributed by atoms with Gasteiger partial charge in [0.2, 0.25) is 5.91 Å². The van der Waals surface area contributed by atoms with E-state index >= 15 is 0 Å². The number of fused-ring (bicyclic) bond motifs is 4. The highest BCUT2D eigenvalue weighted by molar-refractivity contribution is 5.89. The molecule has 10 heteroatoms. The molecule has 10 nitrogen and oxygen atoms in total. The van der Waals surface area contributed by atoms with Crippen LogP contribution in [0, 0.1) is 0 Å². The second-order valence-corrected chi connectivity index (χ2v) is 8.10. The number of esters is 1. The summed E-state index contributed by atoms with van der Waals surface area (Å²) in [5.41, 5.74) is 0.384. The summed E-state index contributed by atoms with van der Waals surface area (Å²) in [4.78, 5) is 24.5. The minimum atomic E-state index is -1.48. The van der Waals surface area contributed by atoms with E-state index in [-0.39, 0.29) is 25.0 Å². The van der Waals surface area contributed by atoms with Crippen LogP contribution in [0.15, 0.2) is 11.6 Å². The maximum Gasteiger partial charge on any atom is 0.333 e. The van der Waals surface area contributed by atoms with Crippen LogP contribution in [0.25, 0.3) is 0 Å². The van der Waals surface area contributed by atoms with Crippen molar-refractivity contribution < 1.29 is 39.1 Å². The molecule has 0 radical (unpaired) electrons. The fourth-order valence-corrected chi connectivity index (χ4v) is 4.21. The van der Waals surface area contributed by atoms with Crippen LogP contribution < -0.4 is 10.6 Å². The van der Waals surface area contributed by atoms with Gasteiger partial charge in [-0.1, -0.05) is 13.8 Å². The van der Waals surface area contributed by atoms with Crippen LogP contribution in [0.1, 0.15) is 40.0 Å². The van der Waals surface area contributed by atoms with Gasteiger partial charge in [0.05, 0.1) is 18.2 Å².